The number of hydrogen-bond acceptors (Lipinski definition) is 5. The number of aromatic nitrogens is 2. The first-order valence-electron chi connectivity index (χ1n) is 12.7. The number of para-hydroxylation sites is 1. The van der Waals surface area contributed by atoms with Gasteiger partial charge in [0.1, 0.15) is 17.8 Å². The molecule has 4 aromatic rings. The maximum absolute atomic E-state index is 13.3. The monoisotopic (exact) mass is 526 g/mol. The van der Waals surface area contributed by atoms with Crippen molar-refractivity contribution in [2.24, 2.45) is 5.92 Å². The zero-order valence-corrected chi connectivity index (χ0v) is 21.7. The fraction of sp³-hybridized carbons (Fsp3) is 0.233. The molecule has 0 bridgehead atoms. The van der Waals surface area contributed by atoms with Crippen LogP contribution >= 0.6 is 0 Å². The Labute approximate surface area is 225 Å². The molecule has 9 heteroatoms. The smallest absolute Gasteiger partial charge is 0.326 e. The molecule has 0 saturated heterocycles. The van der Waals surface area contributed by atoms with Gasteiger partial charge in [-0.05, 0) is 42.2 Å². The predicted molar refractivity (Wildman–Crippen MR) is 146 cm³/mol. The number of nitrogens with one attached hydrogen (secondary N) is 3. The van der Waals surface area contributed by atoms with Gasteiger partial charge in [-0.15, -0.1) is 0 Å². The molecule has 9 nitrogen and oxygen atoms in total. The second kappa shape index (κ2) is 12.2. The molecule has 39 heavy (non-hydrogen) atoms. The molecule has 4 N–H and O–H groups in total. The van der Waals surface area contributed by atoms with Gasteiger partial charge in [0, 0.05) is 40.8 Å². The van der Waals surface area contributed by atoms with E-state index < -0.39 is 29.9 Å². The lowest BCUT2D eigenvalue weighted by Crippen LogP contribution is -2.52. The highest BCUT2D eigenvalue weighted by molar-refractivity contribution is 6.08. The standard InChI is InChI=1S/C30H30N4O5/c1-18(2)15-26(30(38)39)34-28(36)24(33-29(37)25-17-22-5-3-4-6-23(22)32-25)16-19-7-9-20(10-8-19)27(35)21-11-13-31-14-12-21/h3-14,17-18,24,26,32H,15-16H2,1-2H3,(H,33,37)(H,34,36)(H,38,39)/t24-,26-/m0/s1. The molecule has 0 spiro atoms. The van der Waals surface area contributed by atoms with Crippen molar-refractivity contribution in [2.75, 3.05) is 0 Å². The van der Waals surface area contributed by atoms with E-state index in [0.29, 0.717) is 16.7 Å². The van der Waals surface area contributed by atoms with Gasteiger partial charge >= 0.3 is 5.97 Å². The van der Waals surface area contributed by atoms with Gasteiger partial charge in [0.25, 0.3) is 5.91 Å². The Morgan fingerprint density at radius 1 is 0.872 bits per heavy atom. The fourth-order valence-electron chi connectivity index (χ4n) is 4.30. The Kier molecular flexibility index (Phi) is 8.50. The Bertz CT molecular complexity index is 1450. The summed E-state index contributed by atoms with van der Waals surface area (Å²) in [5.74, 6) is -2.37. The number of carboxylic acids is 1. The number of nitrogens with zero attached hydrogens (tertiary/aromatic N) is 1. The molecule has 0 saturated carbocycles. The van der Waals surface area contributed by atoms with Crippen molar-refractivity contribution in [3.05, 3.63) is 102 Å². The average Bonchev–Trinajstić information content (AvgIpc) is 3.37. The number of carbonyl (C=O) groups excluding carboxylic acids is 3. The van der Waals surface area contributed by atoms with Crippen molar-refractivity contribution in [1.82, 2.24) is 20.6 Å². The molecule has 0 aliphatic rings. The molecule has 0 aliphatic carbocycles. The number of rotatable bonds is 11. The lowest BCUT2D eigenvalue weighted by molar-refractivity contribution is -0.142. The van der Waals surface area contributed by atoms with Crippen molar-refractivity contribution in [2.45, 2.75) is 38.8 Å². The number of fused-ring (bicyclic) bond motifs is 1. The van der Waals surface area contributed by atoms with Gasteiger partial charge in [-0.3, -0.25) is 19.4 Å². The van der Waals surface area contributed by atoms with Crippen molar-refractivity contribution < 1.29 is 24.3 Å². The molecule has 2 amide bonds. The van der Waals surface area contributed by atoms with E-state index in [1.165, 1.54) is 0 Å². The predicted octanol–water partition coefficient (Wildman–Crippen LogP) is 3.75. The van der Waals surface area contributed by atoms with Crippen LogP contribution in [0.15, 0.2) is 79.1 Å². The number of H-pyrrole nitrogens is 1. The number of pyridine rings is 1. The number of benzene rings is 2. The quantitative estimate of drug-likeness (QED) is 0.219. The summed E-state index contributed by atoms with van der Waals surface area (Å²) in [5.41, 5.74) is 2.72. The zero-order chi connectivity index (χ0) is 27.9. The molecule has 0 radical (unpaired) electrons. The van der Waals surface area contributed by atoms with E-state index in [9.17, 15) is 24.3 Å². The summed E-state index contributed by atoms with van der Waals surface area (Å²) in [6.07, 6.45) is 3.43. The molecular weight excluding hydrogens is 496 g/mol. The highest BCUT2D eigenvalue weighted by atomic mass is 16.4. The number of hydrogen-bond donors (Lipinski definition) is 4. The van der Waals surface area contributed by atoms with Crippen molar-refractivity contribution >= 4 is 34.5 Å². The minimum absolute atomic E-state index is 0.0382. The second-order valence-electron chi connectivity index (χ2n) is 9.79. The Morgan fingerprint density at radius 3 is 2.18 bits per heavy atom. The van der Waals surface area contributed by atoms with Gasteiger partial charge in [-0.25, -0.2) is 4.79 Å². The van der Waals surface area contributed by atoms with Gasteiger partial charge in [0.15, 0.2) is 5.78 Å². The first-order valence-corrected chi connectivity index (χ1v) is 12.7. The summed E-state index contributed by atoms with van der Waals surface area (Å²) in [7, 11) is 0. The zero-order valence-electron chi connectivity index (χ0n) is 21.7. The van der Waals surface area contributed by atoms with Crippen molar-refractivity contribution in [3.8, 4) is 0 Å². The highest BCUT2D eigenvalue weighted by Crippen LogP contribution is 2.16. The van der Waals surface area contributed by atoms with E-state index in [4.69, 9.17) is 0 Å². The van der Waals surface area contributed by atoms with Gasteiger partial charge in [0.2, 0.25) is 5.91 Å². The van der Waals surface area contributed by atoms with Crippen LogP contribution in [0, 0.1) is 5.92 Å². The number of aliphatic carboxylic acids is 1. The van der Waals surface area contributed by atoms with E-state index >= 15 is 0 Å². The van der Waals surface area contributed by atoms with Crippen LogP contribution in [0.1, 0.15) is 52.2 Å². The van der Waals surface area contributed by atoms with Gasteiger partial charge in [-0.1, -0.05) is 56.3 Å². The van der Waals surface area contributed by atoms with Crippen LogP contribution in [0.3, 0.4) is 0 Å². The number of aromatic amines is 1. The van der Waals surface area contributed by atoms with E-state index in [1.807, 2.05) is 38.1 Å². The summed E-state index contributed by atoms with van der Waals surface area (Å²) in [6.45, 7) is 3.73. The highest BCUT2D eigenvalue weighted by Gasteiger charge is 2.28. The van der Waals surface area contributed by atoms with Crippen LogP contribution in [-0.4, -0.2) is 50.7 Å². The Hall–Kier alpha value is -4.79. The Balaban J connectivity index is 1.55. The van der Waals surface area contributed by atoms with Crippen LogP contribution < -0.4 is 10.6 Å². The van der Waals surface area contributed by atoms with E-state index in [1.54, 1.807) is 54.9 Å². The summed E-state index contributed by atoms with van der Waals surface area (Å²) in [4.78, 5) is 57.9. The van der Waals surface area contributed by atoms with Gasteiger partial charge in [-0.2, -0.15) is 0 Å². The molecule has 0 aliphatic heterocycles. The van der Waals surface area contributed by atoms with Crippen molar-refractivity contribution in [1.29, 1.82) is 0 Å². The number of carboxylic acid groups (broad SMARTS) is 1. The summed E-state index contributed by atoms with van der Waals surface area (Å²) >= 11 is 0. The number of ketones is 1. The third kappa shape index (κ3) is 6.95. The molecule has 0 fully saturated rings. The minimum atomic E-state index is -1.14. The SMILES string of the molecule is CC(C)C[C@H](NC(=O)[C@H](Cc1ccc(C(=O)c2ccncc2)cc1)NC(=O)c1cc2ccccc2[nH]1)C(=O)O. The summed E-state index contributed by atoms with van der Waals surface area (Å²) in [5, 5.41) is 15.8. The first-order chi connectivity index (χ1) is 18.7. The van der Waals surface area contributed by atoms with Crippen molar-refractivity contribution in [3.63, 3.8) is 0 Å². The third-order valence-corrected chi connectivity index (χ3v) is 6.32. The molecule has 200 valence electrons. The maximum Gasteiger partial charge on any atom is 0.326 e. The fourth-order valence-corrected chi connectivity index (χ4v) is 4.30. The van der Waals surface area contributed by atoms with Crippen LogP contribution in [0.2, 0.25) is 0 Å². The average molecular weight is 527 g/mol. The number of carbonyl (C=O) groups is 4. The van der Waals surface area contributed by atoms with Gasteiger partial charge < -0.3 is 20.7 Å². The van der Waals surface area contributed by atoms with Crippen LogP contribution in [0.4, 0.5) is 0 Å². The topological polar surface area (TPSA) is 141 Å². The van der Waals surface area contributed by atoms with Crippen LogP contribution in [0.25, 0.3) is 10.9 Å². The summed E-state index contributed by atoms with van der Waals surface area (Å²) in [6, 6.07) is 17.0. The minimum Gasteiger partial charge on any atom is -0.480 e. The lowest BCUT2D eigenvalue weighted by Gasteiger charge is -2.22. The molecule has 2 atom stereocenters. The molecule has 2 aromatic carbocycles. The maximum atomic E-state index is 13.3. The van der Waals surface area contributed by atoms with E-state index in [0.717, 1.165) is 10.9 Å². The lowest BCUT2D eigenvalue weighted by atomic mass is 9.99. The largest absolute Gasteiger partial charge is 0.480 e. The van der Waals surface area contributed by atoms with E-state index in [-0.39, 0.29) is 30.2 Å². The molecule has 4 rings (SSSR count). The number of amides is 2. The van der Waals surface area contributed by atoms with Crippen LogP contribution in [-0.2, 0) is 16.0 Å². The van der Waals surface area contributed by atoms with Gasteiger partial charge in [0.05, 0.1) is 0 Å². The van der Waals surface area contributed by atoms with E-state index in [2.05, 4.69) is 20.6 Å². The second-order valence-corrected chi connectivity index (χ2v) is 9.79. The molecule has 2 aromatic heterocycles. The first kappa shape index (κ1) is 27.3. The molecular formula is C30H30N4O5. The normalized spacial score (nSPS) is 12.6. The van der Waals surface area contributed by atoms with Crippen LogP contribution in [0.5, 0.6) is 0 Å². The Morgan fingerprint density at radius 2 is 1.54 bits per heavy atom. The molecule has 0 unspecified atom stereocenters. The molecule has 2 heterocycles. The third-order valence-electron chi connectivity index (χ3n) is 6.32. The summed E-state index contributed by atoms with van der Waals surface area (Å²) < 4.78 is 0.